The van der Waals surface area contributed by atoms with E-state index in [1.54, 1.807) is 34.8 Å². The molecule has 5 aromatic rings. The number of rotatable bonds is 8. The molecule has 12 nitrogen and oxygen atoms in total. The van der Waals surface area contributed by atoms with Crippen molar-refractivity contribution in [1.29, 1.82) is 0 Å². The number of urea groups is 1. The minimum absolute atomic E-state index is 0.0365. The minimum atomic E-state index is -0.404. The highest BCUT2D eigenvalue weighted by Crippen LogP contribution is 2.35. The van der Waals surface area contributed by atoms with Crippen molar-refractivity contribution < 1.29 is 23.9 Å². The molecule has 0 bridgehead atoms. The number of likely N-dealkylation sites (tertiary alicyclic amines) is 1. The van der Waals surface area contributed by atoms with Gasteiger partial charge in [0.25, 0.3) is 0 Å². The van der Waals surface area contributed by atoms with E-state index in [1.807, 2.05) is 73.7 Å². The van der Waals surface area contributed by atoms with Gasteiger partial charge in [-0.3, -0.25) is 24.7 Å². The van der Waals surface area contributed by atoms with Gasteiger partial charge in [0.2, 0.25) is 17.1 Å². The zero-order valence-electron chi connectivity index (χ0n) is 31.4. The lowest BCUT2D eigenvalue weighted by Gasteiger charge is -2.31. The van der Waals surface area contributed by atoms with Crippen molar-refractivity contribution in [3.63, 3.8) is 0 Å². The van der Waals surface area contributed by atoms with Crippen LogP contribution in [0.3, 0.4) is 0 Å². The third-order valence-electron chi connectivity index (χ3n) is 8.79. The maximum atomic E-state index is 13.4. The molecule has 54 heavy (non-hydrogen) atoms. The molecule has 3 heterocycles. The maximum absolute atomic E-state index is 13.4. The predicted octanol–water partition coefficient (Wildman–Crippen LogP) is 7.90. The Morgan fingerprint density at radius 3 is 2.20 bits per heavy atom. The number of carbonyl (C=O) groups excluding carboxylic acids is 4. The molecule has 4 amide bonds. The summed E-state index contributed by atoms with van der Waals surface area (Å²) in [5.41, 5.74) is 3.82. The maximum Gasteiger partial charge on any atom is 0.324 e. The molecule has 0 saturated carbocycles. The zero-order valence-corrected chi connectivity index (χ0v) is 32.2. The Bertz CT molecular complexity index is 2130. The van der Waals surface area contributed by atoms with Crippen LogP contribution in [0.1, 0.15) is 64.4 Å². The average molecular weight is 752 g/mol. The molecule has 1 aliphatic rings. The number of aryl methyl sites for hydroxylation is 1. The van der Waals surface area contributed by atoms with Gasteiger partial charge in [0.15, 0.2) is 0 Å². The van der Waals surface area contributed by atoms with E-state index in [-0.39, 0.29) is 34.9 Å². The van der Waals surface area contributed by atoms with Crippen LogP contribution in [0.15, 0.2) is 85.1 Å². The van der Waals surface area contributed by atoms with Crippen LogP contribution in [-0.2, 0) is 26.2 Å². The number of piperidine rings is 1. The summed E-state index contributed by atoms with van der Waals surface area (Å²) in [7, 11) is 0. The van der Waals surface area contributed by atoms with Crippen molar-refractivity contribution in [2.45, 2.75) is 72.3 Å². The van der Waals surface area contributed by atoms with Crippen LogP contribution in [-0.4, -0.2) is 61.9 Å². The minimum Gasteiger partial charge on any atom is -0.457 e. The fourth-order valence-corrected chi connectivity index (χ4v) is 5.98. The Morgan fingerprint density at radius 1 is 0.889 bits per heavy atom. The summed E-state index contributed by atoms with van der Waals surface area (Å²) in [5, 5.41) is 15.1. The van der Waals surface area contributed by atoms with Gasteiger partial charge in [-0.05, 0) is 61.7 Å². The number of nitrogens with one attached hydrogen (secondary N) is 3. The second kappa shape index (κ2) is 17.4. The third-order valence-corrected chi connectivity index (χ3v) is 8.79. The number of ether oxygens (including phenoxy) is 1. The van der Waals surface area contributed by atoms with Crippen molar-refractivity contribution in [2.75, 3.05) is 23.7 Å². The first kappa shape index (κ1) is 39.5. The molecular formula is C41H46ClN7O5. The topological polar surface area (TPSA) is 148 Å². The molecule has 1 aliphatic heterocycles. The van der Waals surface area contributed by atoms with Crippen LogP contribution in [0, 0.1) is 6.92 Å². The van der Waals surface area contributed by atoms with Crippen LogP contribution in [0.2, 0.25) is 0 Å². The number of carbonyl (C=O) groups is 4. The van der Waals surface area contributed by atoms with Crippen LogP contribution in [0.5, 0.6) is 11.5 Å². The second-order valence-electron chi connectivity index (χ2n) is 14.2. The SMILES string of the molecule is CC(=O)Cl.CC(=O)N1CCC(NC(=O)Cc2cc(Oc3ccc(NC(=O)Nc4cc(C(C)(C)C)nn4-c4ccc(C)cc4)c4ccccc34)ccn2)CC1. The summed E-state index contributed by atoms with van der Waals surface area (Å²) < 4.78 is 8.06. The van der Waals surface area contributed by atoms with Crippen LogP contribution in [0.4, 0.5) is 16.3 Å². The molecule has 13 heteroatoms. The van der Waals surface area contributed by atoms with E-state index in [4.69, 9.17) is 9.84 Å². The number of benzene rings is 3. The molecule has 2 aromatic heterocycles. The summed E-state index contributed by atoms with van der Waals surface area (Å²) in [5.74, 6) is 1.64. The normalized spacial score (nSPS) is 13.1. The molecule has 0 atom stereocenters. The summed E-state index contributed by atoms with van der Waals surface area (Å²) in [4.78, 5) is 53.3. The van der Waals surface area contributed by atoms with E-state index in [0.717, 1.165) is 40.6 Å². The molecule has 6 rings (SSSR count). The first-order valence-electron chi connectivity index (χ1n) is 17.8. The van der Waals surface area contributed by atoms with Crippen molar-refractivity contribution in [1.82, 2.24) is 25.0 Å². The highest BCUT2D eigenvalue weighted by Gasteiger charge is 2.23. The van der Waals surface area contributed by atoms with Gasteiger partial charge in [0.1, 0.15) is 17.3 Å². The van der Waals surface area contributed by atoms with E-state index < -0.39 is 6.03 Å². The monoisotopic (exact) mass is 751 g/mol. The highest BCUT2D eigenvalue weighted by atomic mass is 35.5. The number of nitrogens with zero attached hydrogens (tertiary/aromatic N) is 4. The Hall–Kier alpha value is -5.75. The third kappa shape index (κ3) is 10.7. The summed E-state index contributed by atoms with van der Waals surface area (Å²) in [6.07, 6.45) is 3.20. The quantitative estimate of drug-likeness (QED) is 0.137. The molecule has 3 aromatic carbocycles. The van der Waals surface area contributed by atoms with Crippen molar-refractivity contribution in [3.8, 4) is 17.2 Å². The predicted molar refractivity (Wildman–Crippen MR) is 212 cm³/mol. The van der Waals surface area contributed by atoms with E-state index in [0.29, 0.717) is 41.8 Å². The molecular weight excluding hydrogens is 706 g/mol. The Kier molecular flexibility index (Phi) is 12.7. The molecule has 0 spiro atoms. The summed E-state index contributed by atoms with van der Waals surface area (Å²) in [6, 6.07) is 24.3. The molecule has 0 aliphatic carbocycles. The molecule has 1 fully saturated rings. The molecule has 3 N–H and O–H groups in total. The Morgan fingerprint density at radius 2 is 1.56 bits per heavy atom. The molecule has 0 unspecified atom stereocenters. The van der Waals surface area contributed by atoms with Gasteiger partial charge in [-0.2, -0.15) is 5.10 Å². The van der Waals surface area contributed by atoms with E-state index in [9.17, 15) is 19.2 Å². The highest BCUT2D eigenvalue weighted by molar-refractivity contribution is 6.62. The average Bonchev–Trinajstić information content (AvgIpc) is 3.54. The van der Waals surface area contributed by atoms with Crippen LogP contribution < -0.4 is 20.7 Å². The largest absolute Gasteiger partial charge is 0.457 e. The van der Waals surface area contributed by atoms with Crippen molar-refractivity contribution in [2.24, 2.45) is 0 Å². The number of fused-ring (bicyclic) bond motifs is 1. The lowest BCUT2D eigenvalue weighted by Crippen LogP contribution is -2.46. The summed E-state index contributed by atoms with van der Waals surface area (Å²) >= 11 is 4.64. The number of pyridine rings is 1. The fraction of sp³-hybridized carbons (Fsp3) is 0.317. The first-order chi connectivity index (χ1) is 25.7. The number of amides is 4. The number of hydrogen-bond acceptors (Lipinski definition) is 7. The van der Waals surface area contributed by atoms with E-state index >= 15 is 0 Å². The second-order valence-corrected chi connectivity index (χ2v) is 14.8. The number of hydrogen-bond donors (Lipinski definition) is 3. The Balaban J connectivity index is 0.00000133. The van der Waals surface area contributed by atoms with Gasteiger partial charge >= 0.3 is 6.03 Å². The summed E-state index contributed by atoms with van der Waals surface area (Å²) in [6.45, 7) is 12.4. The number of halogens is 1. The van der Waals surface area contributed by atoms with E-state index in [1.165, 1.54) is 6.92 Å². The lowest BCUT2D eigenvalue weighted by atomic mass is 9.92. The van der Waals surface area contributed by atoms with Gasteiger partial charge in [-0.25, -0.2) is 9.48 Å². The molecule has 0 radical (unpaired) electrons. The van der Waals surface area contributed by atoms with Crippen molar-refractivity contribution >= 4 is 57.0 Å². The smallest absolute Gasteiger partial charge is 0.324 e. The fourth-order valence-electron chi connectivity index (χ4n) is 5.98. The zero-order chi connectivity index (χ0) is 39.0. The van der Waals surface area contributed by atoms with Crippen molar-refractivity contribution in [3.05, 3.63) is 102 Å². The van der Waals surface area contributed by atoms with E-state index in [2.05, 4.69) is 53.3 Å². The standard InChI is InChI=1S/C39H43N7O4.C2H3ClO/c1-25-10-12-29(13-11-25)46-36(24-35(44-46)39(3,4)5)43-38(49)42-33-14-15-34(32-9-7-6-8-31(32)33)50-30-16-19-40-28(22-30)23-37(48)41-27-17-20-45(21-18-27)26(2)47;1-2(3)4/h6-16,19,22,24,27H,17-18,20-21,23H2,1-5H3,(H,41,48)(H2,42,43,49);1H3. The molecule has 282 valence electrons. The van der Waals surface area contributed by atoms with Crippen LogP contribution >= 0.6 is 11.6 Å². The van der Waals surface area contributed by atoms with Gasteiger partial charge < -0.3 is 20.3 Å². The van der Waals surface area contributed by atoms with Gasteiger partial charge in [-0.1, -0.05) is 62.7 Å². The van der Waals surface area contributed by atoms with Gasteiger partial charge in [0, 0.05) is 67.5 Å². The number of aromatic nitrogens is 3. The number of anilines is 2. The van der Waals surface area contributed by atoms with Gasteiger partial charge in [-0.15, -0.1) is 0 Å². The molecule has 1 saturated heterocycles. The van der Waals surface area contributed by atoms with Crippen LogP contribution in [0.25, 0.3) is 16.5 Å². The first-order valence-corrected chi connectivity index (χ1v) is 18.1. The van der Waals surface area contributed by atoms with Gasteiger partial charge in [0.05, 0.1) is 29.2 Å². The Labute approximate surface area is 320 Å². The lowest BCUT2D eigenvalue weighted by molar-refractivity contribution is -0.130.